The van der Waals surface area contributed by atoms with Crippen LogP contribution in [0.25, 0.3) is 0 Å². The summed E-state index contributed by atoms with van der Waals surface area (Å²) in [6.45, 7) is 5.02. The first kappa shape index (κ1) is 20.9. The van der Waals surface area contributed by atoms with Crippen LogP contribution in [0.3, 0.4) is 0 Å². The lowest BCUT2D eigenvalue weighted by Gasteiger charge is -2.12. The number of ether oxygens (including phenoxy) is 2. The zero-order chi connectivity index (χ0) is 20.0. The van der Waals surface area contributed by atoms with E-state index in [1.807, 2.05) is 20.8 Å². The van der Waals surface area contributed by atoms with Crippen molar-refractivity contribution in [3.8, 4) is 11.5 Å². The Bertz CT molecular complexity index is 833. The molecule has 2 rings (SSSR count). The van der Waals surface area contributed by atoms with E-state index >= 15 is 0 Å². The van der Waals surface area contributed by atoms with Crippen molar-refractivity contribution in [2.24, 2.45) is 0 Å². The van der Waals surface area contributed by atoms with Gasteiger partial charge < -0.3 is 9.47 Å². The SMILES string of the molecule is Cc1cc(Cl)ccc1OCC(=O)NNC(=O)COc1cc(C)c(Cl)c(C)c1. The van der Waals surface area contributed by atoms with Crippen molar-refractivity contribution in [1.82, 2.24) is 10.9 Å². The molecule has 0 unspecified atom stereocenters. The van der Waals surface area contributed by atoms with Crippen molar-refractivity contribution >= 4 is 35.0 Å². The smallest absolute Gasteiger partial charge is 0.276 e. The number of carbonyl (C=O) groups excluding carboxylic acids is 2. The summed E-state index contributed by atoms with van der Waals surface area (Å²) >= 11 is 11.9. The highest BCUT2D eigenvalue weighted by Gasteiger charge is 2.09. The van der Waals surface area contributed by atoms with E-state index < -0.39 is 11.8 Å². The fourth-order valence-electron chi connectivity index (χ4n) is 2.27. The van der Waals surface area contributed by atoms with Gasteiger partial charge in [0.15, 0.2) is 13.2 Å². The predicted molar refractivity (Wildman–Crippen MR) is 104 cm³/mol. The van der Waals surface area contributed by atoms with E-state index in [-0.39, 0.29) is 13.2 Å². The lowest BCUT2D eigenvalue weighted by atomic mass is 10.1. The van der Waals surface area contributed by atoms with E-state index in [1.54, 1.807) is 30.3 Å². The number of rotatable bonds is 6. The number of hydrogen-bond acceptors (Lipinski definition) is 4. The van der Waals surface area contributed by atoms with Crippen molar-refractivity contribution in [1.29, 1.82) is 0 Å². The summed E-state index contributed by atoms with van der Waals surface area (Å²) in [6.07, 6.45) is 0. The van der Waals surface area contributed by atoms with Gasteiger partial charge in [-0.3, -0.25) is 20.4 Å². The Balaban J connectivity index is 1.74. The molecule has 0 bridgehead atoms. The molecule has 2 amide bonds. The largest absolute Gasteiger partial charge is 0.484 e. The van der Waals surface area contributed by atoms with Crippen LogP contribution in [0.1, 0.15) is 16.7 Å². The average Bonchev–Trinajstić information content (AvgIpc) is 2.61. The average molecular weight is 411 g/mol. The number of nitrogens with one attached hydrogen (secondary N) is 2. The Labute approximate surface area is 167 Å². The Morgan fingerprint density at radius 1 is 0.852 bits per heavy atom. The van der Waals surface area contributed by atoms with E-state index in [9.17, 15) is 9.59 Å². The number of amides is 2. The number of hydrogen-bond donors (Lipinski definition) is 2. The van der Waals surface area contributed by atoms with Crippen LogP contribution in [0.2, 0.25) is 10.0 Å². The standard InChI is InChI=1S/C19H20Cl2N2O4/c1-11-6-14(20)4-5-16(11)27-10-18(25)23-22-17(24)9-26-15-7-12(2)19(21)13(3)8-15/h4-8H,9-10H2,1-3H3,(H,22,24)(H,23,25). The van der Waals surface area contributed by atoms with Crippen LogP contribution in [0.15, 0.2) is 30.3 Å². The van der Waals surface area contributed by atoms with Gasteiger partial charge in [0.05, 0.1) is 0 Å². The quantitative estimate of drug-likeness (QED) is 0.714. The lowest BCUT2D eigenvalue weighted by Crippen LogP contribution is -2.45. The van der Waals surface area contributed by atoms with Crippen LogP contribution < -0.4 is 20.3 Å². The van der Waals surface area contributed by atoms with Gasteiger partial charge in [-0.2, -0.15) is 0 Å². The van der Waals surface area contributed by atoms with Gasteiger partial charge >= 0.3 is 0 Å². The molecule has 0 spiro atoms. The molecule has 0 heterocycles. The van der Waals surface area contributed by atoms with Gasteiger partial charge in [0, 0.05) is 10.0 Å². The maximum absolute atomic E-state index is 11.8. The second kappa shape index (κ2) is 9.48. The summed E-state index contributed by atoms with van der Waals surface area (Å²) in [4.78, 5) is 23.6. The zero-order valence-electron chi connectivity index (χ0n) is 15.2. The molecule has 6 nitrogen and oxygen atoms in total. The summed E-state index contributed by atoms with van der Waals surface area (Å²) in [5.74, 6) is 0.0577. The van der Waals surface area contributed by atoms with Crippen LogP contribution in [0, 0.1) is 20.8 Å². The summed E-state index contributed by atoms with van der Waals surface area (Å²) in [5, 5.41) is 1.25. The highest BCUT2D eigenvalue weighted by molar-refractivity contribution is 6.32. The minimum absolute atomic E-state index is 0.251. The minimum Gasteiger partial charge on any atom is -0.484 e. The maximum atomic E-state index is 11.8. The fourth-order valence-corrected chi connectivity index (χ4v) is 2.60. The van der Waals surface area contributed by atoms with Crippen LogP contribution in [0.4, 0.5) is 0 Å². The molecule has 0 atom stereocenters. The van der Waals surface area contributed by atoms with Crippen LogP contribution in [-0.4, -0.2) is 25.0 Å². The molecular weight excluding hydrogens is 391 g/mol. The number of carbonyl (C=O) groups is 2. The number of halogens is 2. The molecule has 0 aliphatic carbocycles. The normalized spacial score (nSPS) is 10.3. The van der Waals surface area contributed by atoms with Gasteiger partial charge in [0.25, 0.3) is 11.8 Å². The second-order valence-corrected chi connectivity index (χ2v) is 6.77. The molecule has 0 aromatic heterocycles. The van der Waals surface area contributed by atoms with Crippen molar-refractivity contribution < 1.29 is 19.1 Å². The highest BCUT2D eigenvalue weighted by atomic mass is 35.5. The van der Waals surface area contributed by atoms with E-state index in [4.69, 9.17) is 32.7 Å². The van der Waals surface area contributed by atoms with E-state index in [1.165, 1.54) is 0 Å². The number of hydrazine groups is 1. The Hall–Kier alpha value is -2.44. The molecule has 0 saturated heterocycles. The Morgan fingerprint density at radius 2 is 1.41 bits per heavy atom. The van der Waals surface area contributed by atoms with Crippen molar-refractivity contribution in [2.75, 3.05) is 13.2 Å². The van der Waals surface area contributed by atoms with E-state index in [0.29, 0.717) is 21.5 Å². The molecule has 8 heteroatoms. The molecule has 0 aliphatic heterocycles. The molecule has 2 aromatic carbocycles. The first-order valence-electron chi connectivity index (χ1n) is 8.12. The molecule has 0 fully saturated rings. The number of aryl methyl sites for hydroxylation is 3. The van der Waals surface area contributed by atoms with Crippen LogP contribution in [0.5, 0.6) is 11.5 Å². The molecule has 144 valence electrons. The molecule has 2 aromatic rings. The Kier molecular flexibility index (Phi) is 7.33. The summed E-state index contributed by atoms with van der Waals surface area (Å²) in [7, 11) is 0. The van der Waals surface area contributed by atoms with Gasteiger partial charge in [-0.15, -0.1) is 0 Å². The van der Waals surface area contributed by atoms with Gasteiger partial charge in [-0.05, 0) is 67.8 Å². The minimum atomic E-state index is -0.504. The van der Waals surface area contributed by atoms with Gasteiger partial charge in [-0.1, -0.05) is 23.2 Å². The predicted octanol–water partition coefficient (Wildman–Crippen LogP) is 3.52. The molecule has 0 radical (unpaired) electrons. The molecule has 0 aliphatic rings. The van der Waals surface area contributed by atoms with Crippen LogP contribution in [-0.2, 0) is 9.59 Å². The Morgan fingerprint density at radius 3 is 1.96 bits per heavy atom. The van der Waals surface area contributed by atoms with Crippen LogP contribution >= 0.6 is 23.2 Å². The second-order valence-electron chi connectivity index (χ2n) is 5.95. The topological polar surface area (TPSA) is 76.7 Å². The lowest BCUT2D eigenvalue weighted by molar-refractivity contribution is -0.131. The first-order valence-corrected chi connectivity index (χ1v) is 8.88. The van der Waals surface area contributed by atoms with Gasteiger partial charge in [-0.25, -0.2) is 0 Å². The monoisotopic (exact) mass is 410 g/mol. The fraction of sp³-hybridized carbons (Fsp3) is 0.263. The van der Waals surface area contributed by atoms with Crippen molar-refractivity contribution in [3.63, 3.8) is 0 Å². The molecule has 0 saturated carbocycles. The highest BCUT2D eigenvalue weighted by Crippen LogP contribution is 2.25. The summed E-state index contributed by atoms with van der Waals surface area (Å²) in [6, 6.07) is 8.55. The third kappa shape index (κ3) is 6.34. The molecular formula is C19H20Cl2N2O4. The summed E-state index contributed by atoms with van der Waals surface area (Å²) in [5.41, 5.74) is 7.04. The number of benzene rings is 2. The van der Waals surface area contributed by atoms with Gasteiger partial charge in [0.1, 0.15) is 11.5 Å². The summed E-state index contributed by atoms with van der Waals surface area (Å²) < 4.78 is 10.8. The zero-order valence-corrected chi connectivity index (χ0v) is 16.7. The third-order valence-electron chi connectivity index (χ3n) is 3.62. The van der Waals surface area contributed by atoms with E-state index in [2.05, 4.69) is 10.9 Å². The molecule has 2 N–H and O–H groups in total. The van der Waals surface area contributed by atoms with Crippen molar-refractivity contribution in [3.05, 3.63) is 57.1 Å². The van der Waals surface area contributed by atoms with Gasteiger partial charge in [0.2, 0.25) is 0 Å². The molecule has 27 heavy (non-hydrogen) atoms. The maximum Gasteiger partial charge on any atom is 0.276 e. The third-order valence-corrected chi connectivity index (χ3v) is 4.45. The van der Waals surface area contributed by atoms with E-state index in [0.717, 1.165) is 16.7 Å². The first-order chi connectivity index (χ1) is 12.8. The van der Waals surface area contributed by atoms with Crippen molar-refractivity contribution in [2.45, 2.75) is 20.8 Å².